The van der Waals surface area contributed by atoms with Gasteiger partial charge in [0.25, 0.3) is 0 Å². The van der Waals surface area contributed by atoms with E-state index in [4.69, 9.17) is 4.74 Å². The van der Waals surface area contributed by atoms with Gasteiger partial charge in [-0.05, 0) is 48.7 Å². The molecule has 0 radical (unpaired) electrons. The van der Waals surface area contributed by atoms with Crippen LogP contribution in [-0.2, 0) is 21.2 Å². The molecule has 1 aliphatic rings. The van der Waals surface area contributed by atoms with Crippen molar-refractivity contribution >= 4 is 21.6 Å². The predicted molar refractivity (Wildman–Crippen MR) is 114 cm³/mol. The van der Waals surface area contributed by atoms with E-state index in [0.717, 1.165) is 25.0 Å². The number of nitrogens with zero attached hydrogens (tertiary/aromatic N) is 1. The van der Waals surface area contributed by atoms with E-state index in [2.05, 4.69) is 5.32 Å². The number of hydrogen-bond acceptors (Lipinski definition) is 4. The van der Waals surface area contributed by atoms with Crippen molar-refractivity contribution in [3.05, 3.63) is 53.8 Å². The van der Waals surface area contributed by atoms with Gasteiger partial charge < -0.3 is 10.1 Å². The predicted octanol–water partition coefficient (Wildman–Crippen LogP) is 4.51. The molecule has 0 unspecified atom stereocenters. The van der Waals surface area contributed by atoms with Gasteiger partial charge in [0.1, 0.15) is 11.6 Å². The van der Waals surface area contributed by atoms with Crippen LogP contribution in [0.15, 0.2) is 47.4 Å². The second-order valence-corrected chi connectivity index (χ2v) is 9.67. The quantitative estimate of drug-likeness (QED) is 0.582. The zero-order chi connectivity index (χ0) is 24.1. The van der Waals surface area contributed by atoms with Crippen LogP contribution in [0.3, 0.4) is 0 Å². The molecule has 1 N–H and O–H groups in total. The Hall–Kier alpha value is -2.66. The number of nitrogens with one attached hydrogen (secondary N) is 1. The van der Waals surface area contributed by atoms with Crippen molar-refractivity contribution in [1.82, 2.24) is 4.31 Å². The number of benzene rings is 2. The molecular weight excluding hydrogens is 464 g/mol. The molecule has 1 saturated heterocycles. The molecule has 180 valence electrons. The van der Waals surface area contributed by atoms with Crippen LogP contribution in [0.1, 0.15) is 31.2 Å². The van der Waals surface area contributed by atoms with Gasteiger partial charge in [-0.1, -0.05) is 25.0 Å². The Kier molecular flexibility index (Phi) is 7.96. The molecule has 0 aliphatic carbocycles. The van der Waals surface area contributed by atoms with Crippen LogP contribution in [0.25, 0.3) is 0 Å². The normalized spacial score (nSPS) is 15.6. The van der Waals surface area contributed by atoms with Crippen LogP contribution in [0.4, 0.5) is 23.2 Å². The second-order valence-electron chi connectivity index (χ2n) is 7.73. The number of alkyl halides is 3. The zero-order valence-electron chi connectivity index (χ0n) is 17.7. The Bertz CT molecular complexity index is 1060. The molecule has 0 saturated carbocycles. The molecule has 6 nitrogen and oxygen atoms in total. The molecular formula is C22H24F4N2O4S. The minimum absolute atomic E-state index is 0.152. The first kappa shape index (κ1) is 25.0. The minimum atomic E-state index is -4.62. The number of ether oxygens (including phenoxy) is 1. The molecule has 0 atom stereocenters. The molecule has 0 bridgehead atoms. The molecule has 1 amide bonds. The lowest BCUT2D eigenvalue weighted by Gasteiger charge is -2.21. The van der Waals surface area contributed by atoms with E-state index in [1.807, 2.05) is 0 Å². The van der Waals surface area contributed by atoms with E-state index in [9.17, 15) is 30.8 Å². The Morgan fingerprint density at radius 1 is 1.00 bits per heavy atom. The van der Waals surface area contributed by atoms with Crippen LogP contribution in [-0.4, -0.2) is 44.5 Å². The van der Waals surface area contributed by atoms with Crippen molar-refractivity contribution in [2.45, 2.75) is 43.2 Å². The van der Waals surface area contributed by atoms with E-state index >= 15 is 0 Å². The number of halogens is 4. The molecule has 2 aromatic carbocycles. The maximum atomic E-state index is 13.1. The monoisotopic (exact) mass is 488 g/mol. The smallest absolute Gasteiger partial charge is 0.422 e. The van der Waals surface area contributed by atoms with Crippen LogP contribution in [0, 0.1) is 5.82 Å². The number of carbonyl (C=O) groups excluding carboxylic acids is 1. The van der Waals surface area contributed by atoms with Crippen LogP contribution >= 0.6 is 0 Å². The zero-order valence-corrected chi connectivity index (χ0v) is 18.5. The lowest BCUT2D eigenvalue weighted by atomic mass is 10.1. The summed E-state index contributed by atoms with van der Waals surface area (Å²) in [6.45, 7) is -0.909. The van der Waals surface area contributed by atoms with Crippen molar-refractivity contribution in [2.24, 2.45) is 0 Å². The van der Waals surface area contributed by atoms with Gasteiger partial charge in [0, 0.05) is 13.1 Å². The number of hydrogen-bond donors (Lipinski definition) is 1. The van der Waals surface area contributed by atoms with E-state index in [0.29, 0.717) is 31.5 Å². The van der Waals surface area contributed by atoms with Crippen molar-refractivity contribution in [3.63, 3.8) is 0 Å². The maximum absolute atomic E-state index is 13.1. The summed E-state index contributed by atoms with van der Waals surface area (Å²) in [4.78, 5) is 12.3. The van der Waals surface area contributed by atoms with Crippen LogP contribution in [0.2, 0.25) is 0 Å². The molecule has 0 spiro atoms. The molecule has 11 heteroatoms. The largest absolute Gasteiger partial charge is 0.482 e. The highest BCUT2D eigenvalue weighted by atomic mass is 32.2. The Morgan fingerprint density at radius 3 is 2.24 bits per heavy atom. The number of rotatable bonds is 7. The summed E-state index contributed by atoms with van der Waals surface area (Å²) in [6, 6.07) is 8.52. The summed E-state index contributed by atoms with van der Waals surface area (Å²) in [7, 11) is -3.90. The fourth-order valence-electron chi connectivity index (χ4n) is 3.47. The Morgan fingerprint density at radius 2 is 1.64 bits per heavy atom. The van der Waals surface area contributed by atoms with Gasteiger partial charge in [-0.2, -0.15) is 17.5 Å². The van der Waals surface area contributed by atoms with Crippen LogP contribution in [0.5, 0.6) is 5.75 Å². The second kappa shape index (κ2) is 10.5. The fraction of sp³-hybridized carbons (Fsp3) is 0.409. The van der Waals surface area contributed by atoms with E-state index in [1.165, 1.54) is 34.6 Å². The summed E-state index contributed by atoms with van der Waals surface area (Å²) in [5, 5.41) is 2.43. The lowest BCUT2D eigenvalue weighted by molar-refractivity contribution is -0.153. The van der Waals surface area contributed by atoms with Gasteiger partial charge in [0.05, 0.1) is 17.0 Å². The number of carbonyl (C=O) groups is 1. The first-order valence-corrected chi connectivity index (χ1v) is 11.9. The third kappa shape index (κ3) is 7.16. The van der Waals surface area contributed by atoms with Gasteiger partial charge in [-0.15, -0.1) is 0 Å². The molecule has 1 heterocycles. The summed E-state index contributed by atoms with van der Waals surface area (Å²) in [6.07, 6.45) is -1.54. The Balaban J connectivity index is 1.86. The standard InChI is InChI=1S/C22H24F4N2O4S/c23-17-7-5-16(6-8-17)13-21(29)27-19-14-18(9-10-20(19)32-15-22(24,25)26)33(30,31)28-11-3-1-2-4-12-28/h5-10,14H,1-4,11-13,15H2,(H,27,29). The summed E-state index contributed by atoms with van der Waals surface area (Å²) < 4.78 is 83.4. The summed E-state index contributed by atoms with van der Waals surface area (Å²) in [5.41, 5.74) is 0.280. The van der Waals surface area contributed by atoms with Gasteiger partial charge >= 0.3 is 6.18 Å². The minimum Gasteiger partial charge on any atom is -0.482 e. The van der Waals surface area contributed by atoms with Crippen molar-refractivity contribution in [2.75, 3.05) is 25.0 Å². The fourth-order valence-corrected chi connectivity index (χ4v) is 5.01. The van der Waals surface area contributed by atoms with E-state index in [-0.39, 0.29) is 22.8 Å². The maximum Gasteiger partial charge on any atom is 0.422 e. The molecule has 0 aromatic heterocycles. The molecule has 2 aromatic rings. The molecule has 1 aliphatic heterocycles. The van der Waals surface area contributed by atoms with Gasteiger partial charge in [0.2, 0.25) is 15.9 Å². The highest BCUT2D eigenvalue weighted by Gasteiger charge is 2.30. The first-order valence-electron chi connectivity index (χ1n) is 10.4. The average molecular weight is 489 g/mol. The van der Waals surface area contributed by atoms with Gasteiger partial charge in [-0.25, -0.2) is 12.8 Å². The molecule has 3 rings (SSSR count). The average Bonchev–Trinajstić information content (AvgIpc) is 3.04. The molecule has 1 fully saturated rings. The SMILES string of the molecule is O=C(Cc1ccc(F)cc1)Nc1cc(S(=O)(=O)N2CCCCCC2)ccc1OCC(F)(F)F. The number of anilines is 1. The van der Waals surface area contributed by atoms with Gasteiger partial charge in [-0.3, -0.25) is 4.79 Å². The van der Waals surface area contributed by atoms with Crippen molar-refractivity contribution < 1.29 is 35.5 Å². The summed E-state index contributed by atoms with van der Waals surface area (Å²) >= 11 is 0. The number of sulfonamides is 1. The lowest BCUT2D eigenvalue weighted by Crippen LogP contribution is -2.32. The van der Waals surface area contributed by atoms with Crippen LogP contribution < -0.4 is 10.1 Å². The highest BCUT2D eigenvalue weighted by molar-refractivity contribution is 7.89. The summed E-state index contributed by atoms with van der Waals surface area (Å²) in [5.74, 6) is -1.41. The van der Waals surface area contributed by atoms with E-state index < -0.39 is 34.5 Å². The third-order valence-corrected chi connectivity index (χ3v) is 6.99. The topological polar surface area (TPSA) is 75.7 Å². The third-order valence-electron chi connectivity index (χ3n) is 5.10. The number of amides is 1. The highest BCUT2D eigenvalue weighted by Crippen LogP contribution is 2.31. The van der Waals surface area contributed by atoms with Gasteiger partial charge in [0.15, 0.2) is 6.61 Å². The van der Waals surface area contributed by atoms with E-state index in [1.54, 1.807) is 0 Å². The van der Waals surface area contributed by atoms with Crippen molar-refractivity contribution in [1.29, 1.82) is 0 Å². The first-order chi connectivity index (χ1) is 15.5. The molecule has 33 heavy (non-hydrogen) atoms. The van der Waals surface area contributed by atoms with Crippen molar-refractivity contribution in [3.8, 4) is 5.75 Å². The Labute approximate surface area is 189 Å².